The van der Waals surface area contributed by atoms with Gasteiger partial charge in [0, 0.05) is 5.92 Å². The van der Waals surface area contributed by atoms with Crippen LogP contribution >= 0.6 is 0 Å². The van der Waals surface area contributed by atoms with Crippen molar-refractivity contribution in [3.05, 3.63) is 23.5 Å². The van der Waals surface area contributed by atoms with E-state index in [4.69, 9.17) is 0 Å². The summed E-state index contributed by atoms with van der Waals surface area (Å²) in [4.78, 5) is 0. The van der Waals surface area contributed by atoms with E-state index in [2.05, 4.69) is 36.2 Å². The zero-order chi connectivity index (χ0) is 14.9. The molecule has 0 N–H and O–H groups in total. The van der Waals surface area contributed by atoms with Gasteiger partial charge in [0.2, 0.25) is 0 Å². The second-order valence-electron chi connectivity index (χ2n) is 6.77. The fourth-order valence-corrected chi connectivity index (χ4v) is 3.52. The quantitative estimate of drug-likeness (QED) is 0.576. The number of hydrogen-bond donors (Lipinski definition) is 0. The normalized spacial score (nSPS) is 22.4. The Morgan fingerprint density at radius 1 is 0.905 bits per heavy atom. The molecule has 1 saturated carbocycles. The van der Waals surface area contributed by atoms with Crippen molar-refractivity contribution in [1.29, 1.82) is 0 Å². The Hall–Kier alpha value is -0.920. The summed E-state index contributed by atoms with van der Waals surface area (Å²) in [5.41, 5.74) is 2.41. The fraction of sp³-hybridized carbons (Fsp3) is 0.789. The zero-order valence-corrected chi connectivity index (χ0v) is 14.0. The SMILES string of the molecule is CCCCCc1ccc(C2CCC(CCCC)CC2)nn1. The maximum absolute atomic E-state index is 4.52. The van der Waals surface area contributed by atoms with Crippen LogP contribution < -0.4 is 0 Å². The molecule has 2 heteroatoms. The van der Waals surface area contributed by atoms with E-state index in [9.17, 15) is 0 Å². The van der Waals surface area contributed by atoms with Crippen LogP contribution in [-0.4, -0.2) is 10.2 Å². The van der Waals surface area contributed by atoms with Gasteiger partial charge in [0.1, 0.15) is 0 Å². The van der Waals surface area contributed by atoms with Gasteiger partial charge in [-0.15, -0.1) is 0 Å². The minimum Gasteiger partial charge on any atom is -0.155 e. The number of hydrogen-bond acceptors (Lipinski definition) is 2. The monoisotopic (exact) mass is 288 g/mol. The Kier molecular flexibility index (Phi) is 7.18. The van der Waals surface area contributed by atoms with Crippen molar-refractivity contribution in [2.75, 3.05) is 0 Å². The van der Waals surface area contributed by atoms with E-state index in [0.29, 0.717) is 5.92 Å². The Bertz CT molecular complexity index is 377. The Labute approximate surface area is 130 Å². The minimum absolute atomic E-state index is 0.667. The molecule has 0 radical (unpaired) electrons. The highest BCUT2D eigenvalue weighted by molar-refractivity contribution is 5.12. The molecule has 1 aromatic rings. The van der Waals surface area contributed by atoms with E-state index < -0.39 is 0 Å². The second-order valence-corrected chi connectivity index (χ2v) is 6.77. The average molecular weight is 288 g/mol. The lowest BCUT2D eigenvalue weighted by atomic mass is 9.78. The highest BCUT2D eigenvalue weighted by atomic mass is 15.1. The highest BCUT2D eigenvalue weighted by Gasteiger charge is 2.23. The molecule has 1 aromatic heterocycles. The molecule has 0 atom stereocenters. The first-order valence-electron chi connectivity index (χ1n) is 9.16. The highest BCUT2D eigenvalue weighted by Crippen LogP contribution is 2.36. The predicted octanol–water partition coefficient (Wildman–Crippen LogP) is 5.67. The van der Waals surface area contributed by atoms with E-state index in [-0.39, 0.29) is 0 Å². The van der Waals surface area contributed by atoms with Crippen LogP contribution in [0.25, 0.3) is 0 Å². The van der Waals surface area contributed by atoms with Crippen LogP contribution in [0.5, 0.6) is 0 Å². The molecule has 1 heterocycles. The lowest BCUT2D eigenvalue weighted by molar-refractivity contribution is 0.300. The van der Waals surface area contributed by atoms with Crippen molar-refractivity contribution in [3.8, 4) is 0 Å². The van der Waals surface area contributed by atoms with Crippen LogP contribution in [-0.2, 0) is 6.42 Å². The fourth-order valence-electron chi connectivity index (χ4n) is 3.52. The van der Waals surface area contributed by atoms with Crippen LogP contribution in [0.3, 0.4) is 0 Å². The molecule has 1 fully saturated rings. The lowest BCUT2D eigenvalue weighted by Crippen LogP contribution is -2.15. The smallest absolute Gasteiger partial charge is 0.0662 e. The van der Waals surface area contributed by atoms with Gasteiger partial charge in [0.15, 0.2) is 0 Å². The molecule has 21 heavy (non-hydrogen) atoms. The first-order valence-corrected chi connectivity index (χ1v) is 9.16. The molecule has 0 bridgehead atoms. The summed E-state index contributed by atoms with van der Waals surface area (Å²) < 4.78 is 0. The summed E-state index contributed by atoms with van der Waals surface area (Å²) in [7, 11) is 0. The van der Waals surface area contributed by atoms with Gasteiger partial charge in [-0.25, -0.2) is 0 Å². The molecule has 0 aromatic carbocycles. The summed E-state index contributed by atoms with van der Waals surface area (Å²) in [5.74, 6) is 1.64. The van der Waals surface area contributed by atoms with Gasteiger partial charge in [-0.05, 0) is 56.6 Å². The van der Waals surface area contributed by atoms with Gasteiger partial charge < -0.3 is 0 Å². The molecule has 1 aliphatic carbocycles. The maximum Gasteiger partial charge on any atom is 0.0662 e. The Morgan fingerprint density at radius 2 is 1.67 bits per heavy atom. The summed E-state index contributed by atoms with van der Waals surface area (Å²) >= 11 is 0. The first kappa shape index (κ1) is 16.5. The van der Waals surface area contributed by atoms with Gasteiger partial charge in [0.05, 0.1) is 11.4 Å². The van der Waals surface area contributed by atoms with Crippen LogP contribution in [0.15, 0.2) is 12.1 Å². The van der Waals surface area contributed by atoms with Gasteiger partial charge in [-0.3, -0.25) is 0 Å². The number of aryl methyl sites for hydroxylation is 1. The predicted molar refractivity (Wildman–Crippen MR) is 89.5 cm³/mol. The lowest BCUT2D eigenvalue weighted by Gasteiger charge is -2.27. The van der Waals surface area contributed by atoms with Crippen molar-refractivity contribution in [3.63, 3.8) is 0 Å². The number of unbranched alkanes of at least 4 members (excludes halogenated alkanes) is 3. The number of rotatable bonds is 8. The maximum atomic E-state index is 4.52. The topological polar surface area (TPSA) is 25.8 Å². The van der Waals surface area contributed by atoms with Crippen molar-refractivity contribution < 1.29 is 0 Å². The molecule has 0 spiro atoms. The average Bonchev–Trinajstić information content (AvgIpc) is 2.54. The van der Waals surface area contributed by atoms with Crippen LogP contribution in [0.1, 0.15) is 95.4 Å². The molecule has 0 amide bonds. The summed E-state index contributed by atoms with van der Waals surface area (Å²) in [5, 5.41) is 8.96. The van der Waals surface area contributed by atoms with E-state index >= 15 is 0 Å². The third kappa shape index (κ3) is 5.41. The number of nitrogens with zero attached hydrogens (tertiary/aromatic N) is 2. The van der Waals surface area contributed by atoms with Crippen molar-refractivity contribution >= 4 is 0 Å². The van der Waals surface area contributed by atoms with E-state index in [0.717, 1.165) is 12.3 Å². The van der Waals surface area contributed by atoms with Crippen molar-refractivity contribution in [1.82, 2.24) is 10.2 Å². The van der Waals surface area contributed by atoms with Gasteiger partial charge in [-0.1, -0.05) is 46.0 Å². The summed E-state index contributed by atoms with van der Waals surface area (Å²) in [6.07, 6.45) is 14.5. The van der Waals surface area contributed by atoms with Crippen LogP contribution in [0.4, 0.5) is 0 Å². The van der Waals surface area contributed by atoms with Crippen molar-refractivity contribution in [2.45, 2.75) is 90.4 Å². The largest absolute Gasteiger partial charge is 0.155 e. The molecule has 0 unspecified atom stereocenters. The van der Waals surface area contributed by atoms with E-state index in [1.54, 1.807) is 0 Å². The van der Waals surface area contributed by atoms with Gasteiger partial charge in [-0.2, -0.15) is 10.2 Å². The standard InChI is InChI=1S/C19H32N2/c1-3-5-7-9-18-14-15-19(21-20-18)17-12-10-16(11-13-17)8-6-4-2/h14-17H,3-13H2,1-2H3. The Morgan fingerprint density at radius 3 is 2.29 bits per heavy atom. The molecule has 1 aliphatic rings. The zero-order valence-electron chi connectivity index (χ0n) is 14.0. The molecule has 118 valence electrons. The van der Waals surface area contributed by atoms with Gasteiger partial charge in [0.25, 0.3) is 0 Å². The summed E-state index contributed by atoms with van der Waals surface area (Å²) in [6.45, 7) is 4.54. The third-order valence-electron chi connectivity index (χ3n) is 5.01. The molecule has 0 aliphatic heterocycles. The van der Waals surface area contributed by atoms with E-state index in [1.807, 2.05) is 0 Å². The van der Waals surface area contributed by atoms with Crippen LogP contribution in [0, 0.1) is 5.92 Å². The summed E-state index contributed by atoms with van der Waals surface area (Å²) in [6, 6.07) is 4.45. The first-order chi connectivity index (χ1) is 10.3. The third-order valence-corrected chi connectivity index (χ3v) is 5.01. The number of aromatic nitrogens is 2. The van der Waals surface area contributed by atoms with Crippen LogP contribution in [0.2, 0.25) is 0 Å². The minimum atomic E-state index is 0.667. The second kappa shape index (κ2) is 9.17. The molecular formula is C19H32N2. The Balaban J connectivity index is 1.78. The molecule has 0 saturated heterocycles. The van der Waals surface area contributed by atoms with Gasteiger partial charge >= 0.3 is 0 Å². The molecular weight excluding hydrogens is 256 g/mol. The van der Waals surface area contributed by atoms with E-state index in [1.165, 1.54) is 75.6 Å². The molecule has 2 nitrogen and oxygen atoms in total. The molecule has 2 rings (SSSR count). The van der Waals surface area contributed by atoms with Crippen molar-refractivity contribution in [2.24, 2.45) is 5.92 Å².